The zero-order valence-corrected chi connectivity index (χ0v) is 16.7. The Morgan fingerprint density at radius 3 is 2.29 bits per heavy atom. The predicted octanol–water partition coefficient (Wildman–Crippen LogP) is 4.17. The molecule has 1 atom stereocenters. The van der Waals surface area contributed by atoms with Crippen molar-refractivity contribution in [2.24, 2.45) is 0 Å². The molecule has 6 heteroatoms. The van der Waals surface area contributed by atoms with Crippen LogP contribution in [-0.4, -0.2) is 34.1 Å². The molecule has 2 aromatic carbocycles. The Balaban J connectivity index is 1.64. The summed E-state index contributed by atoms with van der Waals surface area (Å²) in [5, 5.41) is 4.01. The number of aryl methyl sites for hydroxylation is 2. The lowest BCUT2D eigenvalue weighted by Crippen LogP contribution is -2.39. The lowest BCUT2D eigenvalue weighted by Gasteiger charge is -2.22. The highest BCUT2D eigenvalue weighted by atomic mass is 16.5. The van der Waals surface area contributed by atoms with Crippen LogP contribution in [0.5, 0.6) is 5.75 Å². The fourth-order valence-electron chi connectivity index (χ4n) is 2.76. The van der Waals surface area contributed by atoms with E-state index in [2.05, 4.69) is 10.1 Å². The molecular formula is C22H25N3O3. The Hall–Kier alpha value is -3.15. The molecule has 0 aliphatic rings. The molecule has 6 nitrogen and oxygen atoms in total. The number of amides is 1. The van der Waals surface area contributed by atoms with E-state index in [9.17, 15) is 4.79 Å². The highest BCUT2D eigenvalue weighted by Gasteiger charge is 2.24. The minimum atomic E-state index is -0.563. The van der Waals surface area contributed by atoms with Gasteiger partial charge in [0.1, 0.15) is 5.75 Å². The second-order valence-electron chi connectivity index (χ2n) is 6.90. The molecule has 0 bridgehead atoms. The van der Waals surface area contributed by atoms with Crippen LogP contribution in [-0.2, 0) is 11.3 Å². The number of nitrogens with zero attached hydrogens (tertiary/aromatic N) is 3. The minimum Gasteiger partial charge on any atom is -0.481 e. The van der Waals surface area contributed by atoms with Crippen molar-refractivity contribution < 1.29 is 14.1 Å². The van der Waals surface area contributed by atoms with Crippen LogP contribution in [0.15, 0.2) is 53.1 Å². The summed E-state index contributed by atoms with van der Waals surface area (Å²) < 4.78 is 11.2. The Bertz CT molecular complexity index is 917. The van der Waals surface area contributed by atoms with E-state index in [1.54, 1.807) is 11.9 Å². The number of ether oxygens (including phenoxy) is 1. The van der Waals surface area contributed by atoms with Gasteiger partial charge in [-0.3, -0.25) is 4.79 Å². The van der Waals surface area contributed by atoms with Crippen molar-refractivity contribution in [1.82, 2.24) is 15.0 Å². The summed E-state index contributed by atoms with van der Waals surface area (Å²) in [4.78, 5) is 18.7. The second kappa shape index (κ2) is 8.69. The van der Waals surface area contributed by atoms with Crippen molar-refractivity contribution in [2.75, 3.05) is 7.05 Å². The molecule has 1 unspecified atom stereocenters. The van der Waals surface area contributed by atoms with Gasteiger partial charge in [-0.1, -0.05) is 59.6 Å². The molecule has 0 radical (unpaired) electrons. The first-order valence-electron chi connectivity index (χ1n) is 9.34. The van der Waals surface area contributed by atoms with Gasteiger partial charge in [-0.15, -0.1) is 0 Å². The van der Waals surface area contributed by atoms with Crippen LogP contribution in [0.25, 0.3) is 11.4 Å². The number of aromatic nitrogens is 2. The van der Waals surface area contributed by atoms with Crippen LogP contribution in [0.4, 0.5) is 0 Å². The molecule has 1 heterocycles. The van der Waals surface area contributed by atoms with Gasteiger partial charge in [0, 0.05) is 12.6 Å². The first-order chi connectivity index (χ1) is 13.5. The van der Waals surface area contributed by atoms with Gasteiger partial charge in [-0.05, 0) is 32.4 Å². The standard InChI is InChI=1S/C22H25N3O3/c1-5-19(27-18-12-8-16(3)9-13-18)22(26)25(4)14-20-23-21(24-28-20)17-10-6-15(2)7-11-17/h6-13,19H,5,14H2,1-4H3. The van der Waals surface area contributed by atoms with Crippen molar-refractivity contribution in [2.45, 2.75) is 39.8 Å². The molecule has 0 saturated carbocycles. The highest BCUT2D eigenvalue weighted by Crippen LogP contribution is 2.18. The van der Waals surface area contributed by atoms with Crippen LogP contribution in [0.2, 0.25) is 0 Å². The Morgan fingerprint density at radius 1 is 1.07 bits per heavy atom. The van der Waals surface area contributed by atoms with Crippen molar-refractivity contribution in [3.63, 3.8) is 0 Å². The maximum Gasteiger partial charge on any atom is 0.263 e. The number of hydrogen-bond acceptors (Lipinski definition) is 5. The molecule has 3 rings (SSSR count). The van der Waals surface area contributed by atoms with E-state index in [-0.39, 0.29) is 12.5 Å². The Morgan fingerprint density at radius 2 is 1.68 bits per heavy atom. The number of benzene rings is 2. The zero-order chi connectivity index (χ0) is 20.1. The smallest absolute Gasteiger partial charge is 0.263 e. The Labute approximate surface area is 165 Å². The highest BCUT2D eigenvalue weighted by molar-refractivity contribution is 5.80. The molecule has 0 aliphatic carbocycles. The molecular weight excluding hydrogens is 354 g/mol. The van der Waals surface area contributed by atoms with Crippen LogP contribution in [0, 0.1) is 13.8 Å². The van der Waals surface area contributed by atoms with Crippen LogP contribution in [0.3, 0.4) is 0 Å². The number of rotatable bonds is 7. The normalized spacial score (nSPS) is 11.9. The number of hydrogen-bond donors (Lipinski definition) is 0. The molecule has 3 aromatic rings. The number of carbonyl (C=O) groups is 1. The average molecular weight is 379 g/mol. The fourth-order valence-corrected chi connectivity index (χ4v) is 2.76. The monoisotopic (exact) mass is 379 g/mol. The van der Waals surface area contributed by atoms with Gasteiger partial charge in [-0.25, -0.2) is 0 Å². The third kappa shape index (κ3) is 4.76. The number of carbonyl (C=O) groups excluding carboxylic acids is 1. The lowest BCUT2D eigenvalue weighted by atomic mass is 10.1. The van der Waals surface area contributed by atoms with Crippen molar-refractivity contribution in [1.29, 1.82) is 0 Å². The average Bonchev–Trinajstić information content (AvgIpc) is 3.16. The summed E-state index contributed by atoms with van der Waals surface area (Å²) in [6.07, 6.45) is 0.00220. The molecule has 28 heavy (non-hydrogen) atoms. The second-order valence-corrected chi connectivity index (χ2v) is 6.90. The first kappa shape index (κ1) is 19.6. The Kier molecular flexibility index (Phi) is 6.09. The predicted molar refractivity (Wildman–Crippen MR) is 107 cm³/mol. The molecule has 0 aliphatic heterocycles. The van der Waals surface area contributed by atoms with Gasteiger partial charge < -0.3 is 14.2 Å². The summed E-state index contributed by atoms with van der Waals surface area (Å²) in [7, 11) is 1.71. The van der Waals surface area contributed by atoms with Gasteiger partial charge in [-0.2, -0.15) is 4.98 Å². The van der Waals surface area contributed by atoms with Gasteiger partial charge >= 0.3 is 0 Å². The van der Waals surface area contributed by atoms with Gasteiger partial charge in [0.2, 0.25) is 11.7 Å². The third-order valence-electron chi connectivity index (χ3n) is 4.47. The van der Waals surface area contributed by atoms with Crippen molar-refractivity contribution in [3.05, 3.63) is 65.5 Å². The van der Waals surface area contributed by atoms with E-state index in [0.29, 0.717) is 23.9 Å². The van der Waals surface area contributed by atoms with Crippen LogP contribution in [0.1, 0.15) is 30.4 Å². The SMILES string of the molecule is CCC(Oc1ccc(C)cc1)C(=O)N(C)Cc1nc(-c2ccc(C)cc2)no1. The third-order valence-corrected chi connectivity index (χ3v) is 4.47. The fraction of sp³-hybridized carbons (Fsp3) is 0.318. The summed E-state index contributed by atoms with van der Waals surface area (Å²) in [6, 6.07) is 15.5. The van der Waals surface area contributed by atoms with Gasteiger partial charge in [0.05, 0.1) is 6.54 Å². The summed E-state index contributed by atoms with van der Waals surface area (Å²) >= 11 is 0. The van der Waals surface area contributed by atoms with Crippen LogP contribution < -0.4 is 4.74 Å². The minimum absolute atomic E-state index is 0.127. The lowest BCUT2D eigenvalue weighted by molar-refractivity contribution is -0.138. The van der Waals surface area contributed by atoms with E-state index in [0.717, 1.165) is 16.7 Å². The van der Waals surface area contributed by atoms with E-state index >= 15 is 0 Å². The first-order valence-corrected chi connectivity index (χ1v) is 9.34. The number of likely N-dealkylation sites (N-methyl/N-ethyl adjacent to an activating group) is 1. The molecule has 0 fully saturated rings. The largest absolute Gasteiger partial charge is 0.481 e. The van der Waals surface area contributed by atoms with E-state index < -0.39 is 6.10 Å². The van der Waals surface area contributed by atoms with Gasteiger partial charge in [0.15, 0.2) is 6.10 Å². The molecule has 0 saturated heterocycles. The molecule has 146 valence electrons. The summed E-state index contributed by atoms with van der Waals surface area (Å²) in [5.41, 5.74) is 3.19. The summed E-state index contributed by atoms with van der Waals surface area (Å²) in [6.45, 7) is 6.18. The summed E-state index contributed by atoms with van der Waals surface area (Å²) in [5.74, 6) is 1.45. The van der Waals surface area contributed by atoms with E-state index in [4.69, 9.17) is 9.26 Å². The van der Waals surface area contributed by atoms with Crippen LogP contribution >= 0.6 is 0 Å². The maximum absolute atomic E-state index is 12.8. The van der Waals surface area contributed by atoms with Gasteiger partial charge in [0.25, 0.3) is 5.91 Å². The molecule has 1 amide bonds. The van der Waals surface area contributed by atoms with E-state index in [1.165, 1.54) is 0 Å². The van der Waals surface area contributed by atoms with Crippen molar-refractivity contribution in [3.8, 4) is 17.1 Å². The topological polar surface area (TPSA) is 68.5 Å². The quantitative estimate of drug-likeness (QED) is 0.616. The van der Waals surface area contributed by atoms with E-state index in [1.807, 2.05) is 69.3 Å². The molecule has 0 N–H and O–H groups in total. The van der Waals surface area contributed by atoms with Crippen molar-refractivity contribution >= 4 is 5.91 Å². The molecule has 1 aromatic heterocycles. The maximum atomic E-state index is 12.8. The zero-order valence-electron chi connectivity index (χ0n) is 16.7. The molecule has 0 spiro atoms.